The van der Waals surface area contributed by atoms with E-state index in [0.29, 0.717) is 16.1 Å². The van der Waals surface area contributed by atoms with E-state index < -0.39 is 27.8 Å². The molecule has 3 aromatic rings. The van der Waals surface area contributed by atoms with E-state index in [2.05, 4.69) is 25.3 Å². The van der Waals surface area contributed by atoms with Gasteiger partial charge in [-0.2, -0.15) is 9.94 Å². The zero-order chi connectivity index (χ0) is 21.3. The van der Waals surface area contributed by atoms with E-state index in [9.17, 15) is 12.8 Å². The summed E-state index contributed by atoms with van der Waals surface area (Å²) in [5, 5.41) is 14.2. The Hall–Kier alpha value is -2.36. The molecule has 2 aromatic carbocycles. The molecular formula is C19H21ClFN5O2S. The number of nitrogens with one attached hydrogen (secondary N) is 2. The maximum Gasteiger partial charge on any atom is 0.241 e. The average Bonchev–Trinajstić information content (AvgIpc) is 3.19. The van der Waals surface area contributed by atoms with Gasteiger partial charge in [0.05, 0.1) is 10.9 Å². The van der Waals surface area contributed by atoms with E-state index in [4.69, 9.17) is 11.6 Å². The number of hydrogen-bond acceptors (Lipinski definition) is 5. The summed E-state index contributed by atoms with van der Waals surface area (Å²) in [6.07, 6.45) is 0. The fourth-order valence-electron chi connectivity index (χ4n) is 3.23. The van der Waals surface area contributed by atoms with Crippen LogP contribution >= 0.6 is 11.6 Å². The highest BCUT2D eigenvalue weighted by Gasteiger charge is 2.32. The molecule has 2 atom stereocenters. The van der Waals surface area contributed by atoms with Gasteiger partial charge in [0.15, 0.2) is 5.82 Å². The Kier molecular flexibility index (Phi) is 6.02. The number of aromatic amines is 1. The van der Waals surface area contributed by atoms with E-state index in [1.165, 1.54) is 24.3 Å². The minimum atomic E-state index is -3.97. The third-order valence-corrected chi connectivity index (χ3v) is 6.91. The molecule has 1 heterocycles. The maximum atomic E-state index is 14.7. The van der Waals surface area contributed by atoms with Crippen molar-refractivity contribution in [2.24, 2.45) is 0 Å². The van der Waals surface area contributed by atoms with Crippen LogP contribution in [0, 0.1) is 26.6 Å². The predicted octanol–water partition coefficient (Wildman–Crippen LogP) is 3.74. The highest BCUT2D eigenvalue weighted by atomic mass is 35.5. The fraction of sp³-hybridized carbons (Fsp3) is 0.316. The summed E-state index contributed by atoms with van der Waals surface area (Å²) in [5.74, 6) is -0.904. The molecular weight excluding hydrogens is 417 g/mol. The highest BCUT2D eigenvalue weighted by Crippen LogP contribution is 2.35. The van der Waals surface area contributed by atoms with Gasteiger partial charge in [0, 0.05) is 10.9 Å². The zero-order valence-electron chi connectivity index (χ0n) is 16.4. The Morgan fingerprint density at radius 3 is 2.48 bits per heavy atom. The lowest BCUT2D eigenvalue weighted by molar-refractivity contribution is 0.478. The number of rotatable bonds is 6. The lowest BCUT2D eigenvalue weighted by Gasteiger charge is -2.25. The maximum absolute atomic E-state index is 14.7. The molecule has 1 aromatic heterocycles. The second-order valence-corrected chi connectivity index (χ2v) is 9.09. The van der Waals surface area contributed by atoms with Gasteiger partial charge in [-0.1, -0.05) is 29.8 Å². The lowest BCUT2D eigenvalue weighted by atomic mass is 9.88. The summed E-state index contributed by atoms with van der Waals surface area (Å²) in [4.78, 5) is 0.0431. The molecule has 0 unspecified atom stereocenters. The third-order valence-electron chi connectivity index (χ3n) is 5.05. The van der Waals surface area contributed by atoms with Gasteiger partial charge in [-0.3, -0.25) is 0 Å². The summed E-state index contributed by atoms with van der Waals surface area (Å²) in [6, 6.07) is 6.52. The van der Waals surface area contributed by atoms with Crippen molar-refractivity contribution in [2.75, 3.05) is 0 Å². The van der Waals surface area contributed by atoms with Crippen LogP contribution in [-0.4, -0.2) is 29.0 Å². The van der Waals surface area contributed by atoms with E-state index >= 15 is 0 Å². The molecule has 154 valence electrons. The van der Waals surface area contributed by atoms with Gasteiger partial charge in [-0.25, -0.2) is 12.8 Å². The monoisotopic (exact) mass is 437 g/mol. The van der Waals surface area contributed by atoms with E-state index in [-0.39, 0.29) is 10.7 Å². The number of aromatic nitrogens is 4. The summed E-state index contributed by atoms with van der Waals surface area (Å²) < 4.78 is 43.4. The number of hydrogen-bond donors (Lipinski definition) is 2. The van der Waals surface area contributed by atoms with Gasteiger partial charge in [0.2, 0.25) is 10.0 Å². The van der Waals surface area contributed by atoms with Crippen molar-refractivity contribution in [3.63, 3.8) is 0 Å². The first kappa shape index (κ1) is 21.4. The van der Waals surface area contributed by atoms with Crippen molar-refractivity contribution in [2.45, 2.75) is 44.6 Å². The first-order valence-electron chi connectivity index (χ1n) is 8.89. The van der Waals surface area contributed by atoms with E-state index in [0.717, 1.165) is 11.1 Å². The van der Waals surface area contributed by atoms with Crippen LogP contribution in [0.15, 0.2) is 35.2 Å². The van der Waals surface area contributed by atoms with Crippen LogP contribution in [-0.2, 0) is 10.0 Å². The Labute approximate surface area is 173 Å². The molecule has 0 spiro atoms. The van der Waals surface area contributed by atoms with Crippen LogP contribution in [0.2, 0.25) is 5.02 Å². The number of aryl methyl sites for hydroxylation is 2. The normalized spacial score (nSPS) is 14.0. The van der Waals surface area contributed by atoms with Gasteiger partial charge >= 0.3 is 0 Å². The van der Waals surface area contributed by atoms with Gasteiger partial charge < -0.3 is 0 Å². The summed E-state index contributed by atoms with van der Waals surface area (Å²) in [5.41, 5.74) is 2.66. The second-order valence-electron chi connectivity index (χ2n) is 6.97. The molecule has 0 fully saturated rings. The topological polar surface area (TPSA) is 101 Å². The Balaban J connectivity index is 2.05. The minimum absolute atomic E-state index is 0.0431. The SMILES string of the molecule is Cc1cc(S(=O)(=O)N[C@H](c2nn[nH]n2)[C@H](C)c2c(F)ccc(C)c2C)ccc1Cl. The molecule has 29 heavy (non-hydrogen) atoms. The number of benzene rings is 2. The van der Waals surface area contributed by atoms with Crippen LogP contribution in [0.1, 0.15) is 47.0 Å². The number of tetrazole rings is 1. The standard InChI is InChI=1S/C19H21ClFN5O2S/c1-10-5-8-16(21)17(12(10)3)13(4)18(19-22-25-26-23-19)24-29(27,28)14-6-7-15(20)11(2)9-14/h5-9,13,18,24H,1-4H3,(H,22,23,25,26)/t13-,18+/m1/s1. The van der Waals surface area contributed by atoms with Gasteiger partial charge in [-0.05, 0) is 67.3 Å². The minimum Gasteiger partial charge on any atom is -0.207 e. The molecule has 0 radical (unpaired) electrons. The van der Waals surface area contributed by atoms with Crippen molar-refractivity contribution >= 4 is 21.6 Å². The molecule has 0 saturated carbocycles. The van der Waals surface area contributed by atoms with Gasteiger partial charge in [0.1, 0.15) is 5.82 Å². The van der Waals surface area contributed by atoms with Crippen molar-refractivity contribution < 1.29 is 12.8 Å². The molecule has 0 aliphatic rings. The van der Waals surface area contributed by atoms with Gasteiger partial charge in [0.25, 0.3) is 0 Å². The van der Waals surface area contributed by atoms with Crippen LogP contribution in [0.5, 0.6) is 0 Å². The van der Waals surface area contributed by atoms with Crippen molar-refractivity contribution in [1.29, 1.82) is 0 Å². The zero-order valence-corrected chi connectivity index (χ0v) is 17.9. The second kappa shape index (κ2) is 8.17. The van der Waals surface area contributed by atoms with E-state index in [1.807, 2.05) is 6.92 Å². The quantitative estimate of drug-likeness (QED) is 0.611. The Morgan fingerprint density at radius 1 is 1.14 bits per heavy atom. The molecule has 0 amide bonds. The van der Waals surface area contributed by atoms with E-state index in [1.54, 1.807) is 26.8 Å². The fourth-order valence-corrected chi connectivity index (χ4v) is 4.71. The molecule has 3 rings (SSSR count). The molecule has 0 saturated heterocycles. The number of nitrogens with zero attached hydrogens (tertiary/aromatic N) is 3. The van der Waals surface area contributed by atoms with Gasteiger partial charge in [-0.15, -0.1) is 10.2 Å². The molecule has 0 aliphatic heterocycles. The summed E-state index contributed by atoms with van der Waals surface area (Å²) >= 11 is 6.01. The number of sulfonamides is 1. The first-order valence-corrected chi connectivity index (χ1v) is 10.8. The summed E-state index contributed by atoms with van der Waals surface area (Å²) in [6.45, 7) is 7.11. The third kappa shape index (κ3) is 4.31. The first-order chi connectivity index (χ1) is 13.6. The molecule has 10 heteroatoms. The van der Waals surface area contributed by atoms with Crippen LogP contribution < -0.4 is 4.72 Å². The van der Waals surface area contributed by atoms with Crippen LogP contribution in [0.25, 0.3) is 0 Å². The van der Waals surface area contributed by atoms with Crippen LogP contribution in [0.4, 0.5) is 4.39 Å². The van der Waals surface area contributed by atoms with Crippen molar-refractivity contribution in [3.8, 4) is 0 Å². The Morgan fingerprint density at radius 2 is 1.86 bits per heavy atom. The highest BCUT2D eigenvalue weighted by molar-refractivity contribution is 7.89. The Bertz CT molecular complexity index is 1140. The molecule has 2 N–H and O–H groups in total. The summed E-state index contributed by atoms with van der Waals surface area (Å²) in [7, 11) is -3.97. The van der Waals surface area contributed by atoms with Crippen molar-refractivity contribution in [1.82, 2.24) is 25.3 Å². The molecule has 0 bridgehead atoms. The molecule has 7 nitrogen and oxygen atoms in total. The van der Waals surface area contributed by atoms with Crippen LogP contribution in [0.3, 0.4) is 0 Å². The number of halogens is 2. The van der Waals surface area contributed by atoms with Crippen molar-refractivity contribution in [3.05, 3.63) is 69.2 Å². The smallest absolute Gasteiger partial charge is 0.207 e. The lowest BCUT2D eigenvalue weighted by Crippen LogP contribution is -2.33. The molecule has 0 aliphatic carbocycles. The number of H-pyrrole nitrogens is 1. The largest absolute Gasteiger partial charge is 0.241 e. The average molecular weight is 438 g/mol. The predicted molar refractivity (Wildman–Crippen MR) is 108 cm³/mol.